The number of amides is 1. The van der Waals surface area contributed by atoms with E-state index in [2.05, 4.69) is 5.32 Å². The highest BCUT2D eigenvalue weighted by atomic mass is 16.6. The molecule has 0 spiro atoms. The van der Waals surface area contributed by atoms with Gasteiger partial charge in [0, 0.05) is 25.2 Å². The number of nitrogens with zero attached hydrogens (tertiary/aromatic N) is 3. The standard InChI is InChI=1S/C24H28N4O6/c1-33-22(29)24-9-15-6-16(10-24)21(17(7-15)11-24)34-23(30)27-5-4-18(13-27)26-19-3-2-14(12-25)8-20(19)28(31)32/h2-3,8,15-18,21,26H,4-7,9-11,13H2,1H3/t15?,16?,17?,18-,21?,24?/m1/s1. The van der Waals surface area contributed by atoms with Crippen LogP contribution in [0.25, 0.3) is 0 Å². The molecular formula is C24H28N4O6. The lowest BCUT2D eigenvalue weighted by molar-refractivity contribution is -0.384. The number of hydrogen-bond acceptors (Lipinski definition) is 8. The minimum Gasteiger partial charge on any atom is -0.469 e. The van der Waals surface area contributed by atoms with Crippen molar-refractivity contribution >= 4 is 23.4 Å². The molecule has 1 aliphatic heterocycles. The largest absolute Gasteiger partial charge is 0.469 e. The molecule has 3 atom stereocenters. The third kappa shape index (κ3) is 3.83. The summed E-state index contributed by atoms with van der Waals surface area (Å²) in [5.41, 5.74) is -0.0165. The van der Waals surface area contributed by atoms with Gasteiger partial charge in [-0.3, -0.25) is 14.9 Å². The molecule has 1 amide bonds. The van der Waals surface area contributed by atoms with Gasteiger partial charge in [0.15, 0.2) is 0 Å². The highest BCUT2D eigenvalue weighted by Crippen LogP contribution is 2.61. The van der Waals surface area contributed by atoms with Crippen LogP contribution in [-0.4, -0.2) is 54.2 Å². The number of benzene rings is 1. The smallest absolute Gasteiger partial charge is 0.410 e. The van der Waals surface area contributed by atoms with Crippen LogP contribution in [-0.2, 0) is 14.3 Å². The first-order valence-electron chi connectivity index (χ1n) is 11.8. The Hall–Kier alpha value is -3.35. The van der Waals surface area contributed by atoms with Crippen LogP contribution in [0, 0.1) is 44.6 Å². The van der Waals surface area contributed by atoms with Crippen molar-refractivity contribution in [3.63, 3.8) is 0 Å². The molecule has 0 aromatic heterocycles. The molecule has 4 aliphatic carbocycles. The number of esters is 1. The third-order valence-electron chi connectivity index (χ3n) is 8.17. The zero-order chi connectivity index (χ0) is 24.0. The number of hydrogen-bond donors (Lipinski definition) is 1. The Morgan fingerprint density at radius 2 is 2.00 bits per heavy atom. The minimum atomic E-state index is -0.516. The summed E-state index contributed by atoms with van der Waals surface area (Å²) in [6.07, 6.45) is 4.40. The van der Waals surface area contributed by atoms with E-state index >= 15 is 0 Å². The van der Waals surface area contributed by atoms with Crippen LogP contribution >= 0.6 is 0 Å². The Kier molecular flexibility index (Phi) is 5.58. The van der Waals surface area contributed by atoms with Gasteiger partial charge in [-0.05, 0) is 68.4 Å². The third-order valence-corrected chi connectivity index (χ3v) is 8.17. The van der Waals surface area contributed by atoms with Gasteiger partial charge in [-0.2, -0.15) is 5.26 Å². The molecule has 4 saturated carbocycles. The normalized spacial score (nSPS) is 33.3. The van der Waals surface area contributed by atoms with Gasteiger partial charge in [0.25, 0.3) is 5.69 Å². The summed E-state index contributed by atoms with van der Waals surface area (Å²) < 4.78 is 11.1. The number of anilines is 1. The Morgan fingerprint density at radius 3 is 2.65 bits per heavy atom. The van der Waals surface area contributed by atoms with Crippen LogP contribution in [0.5, 0.6) is 0 Å². The van der Waals surface area contributed by atoms with Gasteiger partial charge >= 0.3 is 12.1 Å². The lowest BCUT2D eigenvalue weighted by Gasteiger charge is -2.57. The van der Waals surface area contributed by atoms with Gasteiger partial charge in [-0.15, -0.1) is 0 Å². The fourth-order valence-corrected chi connectivity index (χ4v) is 6.97. The first-order chi connectivity index (χ1) is 16.3. The molecular weight excluding hydrogens is 440 g/mol. The molecule has 1 N–H and O–H groups in total. The molecule has 1 aromatic carbocycles. The molecule has 5 fully saturated rings. The number of carbonyl (C=O) groups excluding carboxylic acids is 2. The lowest BCUT2D eigenvalue weighted by Crippen LogP contribution is -2.58. The van der Waals surface area contributed by atoms with Crippen LogP contribution < -0.4 is 5.32 Å². The molecule has 1 heterocycles. The first kappa shape index (κ1) is 22.4. The molecule has 4 bridgehead atoms. The fourth-order valence-electron chi connectivity index (χ4n) is 6.97. The van der Waals surface area contributed by atoms with Crippen molar-refractivity contribution in [2.75, 3.05) is 25.5 Å². The number of carbonyl (C=O) groups is 2. The van der Waals surface area contributed by atoms with Crippen molar-refractivity contribution < 1.29 is 24.0 Å². The summed E-state index contributed by atoms with van der Waals surface area (Å²) in [7, 11) is 1.45. The van der Waals surface area contributed by atoms with Crippen LogP contribution in [0.1, 0.15) is 44.1 Å². The molecule has 10 heteroatoms. The average molecular weight is 469 g/mol. The predicted molar refractivity (Wildman–Crippen MR) is 120 cm³/mol. The fraction of sp³-hybridized carbons (Fsp3) is 0.625. The number of likely N-dealkylation sites (tertiary alicyclic amines) is 1. The molecule has 180 valence electrons. The summed E-state index contributed by atoms with van der Waals surface area (Å²) in [6, 6.07) is 6.07. The van der Waals surface area contributed by atoms with Gasteiger partial charge in [0.05, 0.1) is 29.1 Å². The number of rotatable bonds is 5. The van der Waals surface area contributed by atoms with Gasteiger partial charge in [0.1, 0.15) is 11.8 Å². The molecule has 1 saturated heterocycles. The molecule has 0 radical (unpaired) electrons. The summed E-state index contributed by atoms with van der Waals surface area (Å²) >= 11 is 0. The minimum absolute atomic E-state index is 0.123. The quantitative estimate of drug-likeness (QED) is 0.394. The second-order valence-corrected chi connectivity index (χ2v) is 10.3. The summed E-state index contributed by atoms with van der Waals surface area (Å²) in [5.74, 6) is 0.747. The van der Waals surface area contributed by atoms with E-state index in [0.29, 0.717) is 31.1 Å². The van der Waals surface area contributed by atoms with Gasteiger partial charge < -0.3 is 19.7 Å². The summed E-state index contributed by atoms with van der Waals surface area (Å²) in [6.45, 7) is 0.879. The zero-order valence-corrected chi connectivity index (χ0v) is 19.1. The summed E-state index contributed by atoms with van der Waals surface area (Å²) in [5, 5.41) is 23.6. The maximum atomic E-state index is 13.0. The topological polar surface area (TPSA) is 135 Å². The summed E-state index contributed by atoms with van der Waals surface area (Å²) in [4.78, 5) is 38.0. The molecule has 6 rings (SSSR count). The van der Waals surface area contributed by atoms with E-state index in [9.17, 15) is 19.7 Å². The van der Waals surface area contributed by atoms with Crippen LogP contribution in [0.15, 0.2) is 18.2 Å². The first-order valence-corrected chi connectivity index (χ1v) is 11.8. The number of methoxy groups -OCH3 is 1. The number of nitro benzene ring substituents is 1. The maximum absolute atomic E-state index is 13.0. The van der Waals surface area contributed by atoms with E-state index in [0.717, 1.165) is 32.1 Å². The van der Waals surface area contributed by atoms with Crippen molar-refractivity contribution in [1.82, 2.24) is 4.90 Å². The zero-order valence-electron chi connectivity index (χ0n) is 19.1. The van der Waals surface area contributed by atoms with Gasteiger partial charge in [0.2, 0.25) is 0 Å². The second-order valence-electron chi connectivity index (χ2n) is 10.3. The van der Waals surface area contributed by atoms with E-state index < -0.39 is 10.3 Å². The number of nitrogens with one attached hydrogen (secondary N) is 1. The van der Waals surface area contributed by atoms with E-state index in [1.165, 1.54) is 25.3 Å². The lowest BCUT2D eigenvalue weighted by atomic mass is 9.48. The van der Waals surface area contributed by atoms with Crippen molar-refractivity contribution in [2.24, 2.45) is 23.2 Å². The van der Waals surface area contributed by atoms with Crippen molar-refractivity contribution in [3.8, 4) is 6.07 Å². The van der Waals surface area contributed by atoms with Crippen molar-refractivity contribution in [1.29, 1.82) is 5.26 Å². The number of nitriles is 1. The Morgan fingerprint density at radius 1 is 1.26 bits per heavy atom. The Labute approximate surface area is 197 Å². The SMILES string of the molecule is COC(=O)C12CC3CC(C1)C(OC(=O)N1CC[C@@H](Nc4ccc(C#N)cc4[N+](=O)[O-])C1)C(C3)C2. The Balaban J connectivity index is 1.21. The average Bonchev–Trinajstić information content (AvgIpc) is 3.29. The highest BCUT2D eigenvalue weighted by Gasteiger charge is 2.60. The monoisotopic (exact) mass is 468 g/mol. The highest BCUT2D eigenvalue weighted by molar-refractivity contribution is 5.77. The van der Waals surface area contributed by atoms with E-state index in [1.54, 1.807) is 4.90 Å². The van der Waals surface area contributed by atoms with Crippen LogP contribution in [0.2, 0.25) is 0 Å². The predicted octanol–water partition coefficient (Wildman–Crippen LogP) is 3.46. The van der Waals surface area contributed by atoms with Crippen molar-refractivity contribution in [2.45, 2.75) is 50.7 Å². The van der Waals surface area contributed by atoms with Crippen LogP contribution in [0.3, 0.4) is 0 Å². The molecule has 10 nitrogen and oxygen atoms in total. The molecule has 5 aliphatic rings. The van der Waals surface area contributed by atoms with Gasteiger partial charge in [-0.1, -0.05) is 0 Å². The molecule has 2 unspecified atom stereocenters. The Bertz CT molecular complexity index is 1050. The van der Waals surface area contributed by atoms with Gasteiger partial charge in [-0.25, -0.2) is 4.79 Å². The number of ether oxygens (including phenoxy) is 2. The maximum Gasteiger partial charge on any atom is 0.410 e. The van der Waals surface area contributed by atoms with E-state index in [4.69, 9.17) is 14.7 Å². The number of nitro groups is 1. The van der Waals surface area contributed by atoms with E-state index in [1.807, 2.05) is 6.07 Å². The molecule has 1 aromatic rings. The van der Waals surface area contributed by atoms with Crippen LogP contribution in [0.4, 0.5) is 16.2 Å². The molecule has 34 heavy (non-hydrogen) atoms. The van der Waals surface area contributed by atoms with Crippen molar-refractivity contribution in [3.05, 3.63) is 33.9 Å². The second kappa shape index (κ2) is 8.46. The van der Waals surface area contributed by atoms with E-state index in [-0.39, 0.29) is 47.3 Å².